The fraction of sp³-hybridized carbons (Fsp3) is 0.895. The van der Waals surface area contributed by atoms with Crippen molar-refractivity contribution in [3.8, 4) is 0 Å². The summed E-state index contributed by atoms with van der Waals surface area (Å²) in [4.78, 5) is 0. The monoisotopic (exact) mass is 262 g/mol. The van der Waals surface area contributed by atoms with Gasteiger partial charge in [-0.1, -0.05) is 51.5 Å². The highest BCUT2D eigenvalue weighted by Gasteiger charge is 2.40. The first-order valence-corrected chi connectivity index (χ1v) is 8.93. The summed E-state index contributed by atoms with van der Waals surface area (Å²) < 4.78 is 0. The third kappa shape index (κ3) is 3.86. The summed E-state index contributed by atoms with van der Waals surface area (Å²) in [6.07, 6.45) is 21.4. The summed E-state index contributed by atoms with van der Waals surface area (Å²) in [6.45, 7) is 6.36. The van der Waals surface area contributed by atoms with E-state index in [1.165, 1.54) is 83.5 Å². The van der Waals surface area contributed by atoms with Gasteiger partial charge in [0, 0.05) is 0 Å². The van der Waals surface area contributed by atoms with Gasteiger partial charge in [-0.3, -0.25) is 0 Å². The van der Waals surface area contributed by atoms with Gasteiger partial charge in [0.25, 0.3) is 0 Å². The molecule has 0 saturated heterocycles. The van der Waals surface area contributed by atoms with Gasteiger partial charge in [-0.15, -0.1) is 6.58 Å². The third-order valence-corrected chi connectivity index (χ3v) is 6.11. The zero-order valence-electron chi connectivity index (χ0n) is 13.1. The maximum absolute atomic E-state index is 4.02. The zero-order chi connectivity index (χ0) is 13.6. The van der Waals surface area contributed by atoms with Gasteiger partial charge in [-0.2, -0.15) is 0 Å². The van der Waals surface area contributed by atoms with E-state index in [2.05, 4.69) is 19.6 Å². The largest absolute Gasteiger partial charge is 0.103 e. The maximum Gasteiger partial charge on any atom is -0.0236 e. The first kappa shape index (κ1) is 15.1. The van der Waals surface area contributed by atoms with Crippen LogP contribution in [0.5, 0.6) is 0 Å². The predicted molar refractivity (Wildman–Crippen MR) is 85.3 cm³/mol. The Morgan fingerprint density at radius 2 is 1.68 bits per heavy atom. The molecule has 0 atom stereocenters. The van der Waals surface area contributed by atoms with Gasteiger partial charge in [-0.25, -0.2) is 0 Å². The summed E-state index contributed by atoms with van der Waals surface area (Å²) in [5, 5.41) is 0. The highest BCUT2D eigenvalue weighted by molar-refractivity contribution is 4.95. The van der Waals surface area contributed by atoms with Crippen LogP contribution in [0.3, 0.4) is 0 Å². The molecular formula is C19H34. The van der Waals surface area contributed by atoms with E-state index in [1.54, 1.807) is 0 Å². The predicted octanol–water partition coefficient (Wildman–Crippen LogP) is 6.51. The van der Waals surface area contributed by atoms with Crippen LogP contribution in [0, 0.1) is 17.3 Å². The lowest BCUT2D eigenvalue weighted by Gasteiger charge is -2.47. The standard InChI is InChI=1S/C19H34/c1-3-5-9-14-19(18-10-7-6-8-11-18)15-12-17(4-2)13-16-19/h4,17-18H,2-3,5-16H2,1H3. The Kier molecular flexibility index (Phi) is 5.98. The summed E-state index contributed by atoms with van der Waals surface area (Å²) in [5.41, 5.74) is 0.731. The normalized spacial score (nSPS) is 33.2. The third-order valence-electron chi connectivity index (χ3n) is 6.11. The number of hydrogen-bond acceptors (Lipinski definition) is 0. The summed E-state index contributed by atoms with van der Waals surface area (Å²) in [5.74, 6) is 1.88. The number of rotatable bonds is 6. The highest BCUT2D eigenvalue weighted by atomic mass is 14.5. The van der Waals surface area contributed by atoms with Crippen molar-refractivity contribution in [1.29, 1.82) is 0 Å². The topological polar surface area (TPSA) is 0 Å². The molecule has 2 aliphatic rings. The first-order chi connectivity index (χ1) is 9.30. The van der Waals surface area contributed by atoms with Crippen molar-refractivity contribution in [3.63, 3.8) is 0 Å². The van der Waals surface area contributed by atoms with Gasteiger partial charge in [0.1, 0.15) is 0 Å². The summed E-state index contributed by atoms with van der Waals surface area (Å²) in [7, 11) is 0. The van der Waals surface area contributed by atoms with Crippen LogP contribution in [-0.2, 0) is 0 Å². The van der Waals surface area contributed by atoms with Crippen LogP contribution in [0.25, 0.3) is 0 Å². The molecule has 2 aliphatic carbocycles. The highest BCUT2D eigenvalue weighted by Crippen LogP contribution is 2.52. The first-order valence-electron chi connectivity index (χ1n) is 8.93. The van der Waals surface area contributed by atoms with Crippen molar-refractivity contribution < 1.29 is 0 Å². The fourth-order valence-corrected chi connectivity index (χ4v) is 4.76. The van der Waals surface area contributed by atoms with E-state index in [0.717, 1.165) is 17.3 Å². The van der Waals surface area contributed by atoms with Crippen LogP contribution in [0.15, 0.2) is 12.7 Å². The molecule has 110 valence electrons. The van der Waals surface area contributed by atoms with E-state index in [4.69, 9.17) is 0 Å². The number of hydrogen-bond donors (Lipinski definition) is 0. The second-order valence-corrected chi connectivity index (χ2v) is 7.23. The Morgan fingerprint density at radius 3 is 2.26 bits per heavy atom. The molecular weight excluding hydrogens is 228 g/mol. The molecule has 0 radical (unpaired) electrons. The van der Waals surface area contributed by atoms with E-state index >= 15 is 0 Å². The van der Waals surface area contributed by atoms with Crippen molar-refractivity contribution in [2.75, 3.05) is 0 Å². The quantitative estimate of drug-likeness (QED) is 0.378. The molecule has 0 aromatic carbocycles. The smallest absolute Gasteiger partial charge is 0.0236 e. The van der Waals surface area contributed by atoms with E-state index in [9.17, 15) is 0 Å². The lowest BCUT2D eigenvalue weighted by molar-refractivity contribution is 0.0442. The molecule has 0 unspecified atom stereocenters. The lowest BCUT2D eigenvalue weighted by Crippen LogP contribution is -2.36. The van der Waals surface area contributed by atoms with Gasteiger partial charge in [0.05, 0.1) is 0 Å². The molecule has 0 aliphatic heterocycles. The van der Waals surface area contributed by atoms with Crippen molar-refractivity contribution in [1.82, 2.24) is 0 Å². The van der Waals surface area contributed by atoms with Crippen molar-refractivity contribution in [2.45, 2.75) is 90.4 Å². The van der Waals surface area contributed by atoms with Crippen LogP contribution in [0.1, 0.15) is 90.4 Å². The maximum atomic E-state index is 4.02. The van der Waals surface area contributed by atoms with Gasteiger partial charge in [0.2, 0.25) is 0 Å². The number of unbranched alkanes of at least 4 members (excludes halogenated alkanes) is 2. The molecule has 0 bridgehead atoms. The van der Waals surface area contributed by atoms with E-state index in [1.807, 2.05) is 0 Å². The van der Waals surface area contributed by atoms with E-state index in [-0.39, 0.29) is 0 Å². The van der Waals surface area contributed by atoms with E-state index in [0.29, 0.717) is 0 Å². The van der Waals surface area contributed by atoms with Crippen LogP contribution in [-0.4, -0.2) is 0 Å². The van der Waals surface area contributed by atoms with Crippen LogP contribution in [0.2, 0.25) is 0 Å². The minimum absolute atomic E-state index is 0.731. The van der Waals surface area contributed by atoms with E-state index < -0.39 is 0 Å². The molecule has 0 nitrogen and oxygen atoms in total. The average molecular weight is 262 g/mol. The van der Waals surface area contributed by atoms with Gasteiger partial charge >= 0.3 is 0 Å². The molecule has 2 fully saturated rings. The molecule has 0 heterocycles. The molecule has 0 spiro atoms. The van der Waals surface area contributed by atoms with Crippen molar-refractivity contribution in [3.05, 3.63) is 12.7 Å². The van der Waals surface area contributed by atoms with Gasteiger partial charge in [-0.05, 0) is 62.2 Å². The Balaban J connectivity index is 1.97. The molecule has 0 amide bonds. The molecule has 2 rings (SSSR count). The molecule has 2 saturated carbocycles. The van der Waals surface area contributed by atoms with Gasteiger partial charge < -0.3 is 0 Å². The van der Waals surface area contributed by atoms with Crippen molar-refractivity contribution in [2.24, 2.45) is 17.3 Å². The van der Waals surface area contributed by atoms with Crippen LogP contribution < -0.4 is 0 Å². The Hall–Kier alpha value is -0.260. The molecule has 0 aromatic heterocycles. The van der Waals surface area contributed by atoms with Crippen molar-refractivity contribution >= 4 is 0 Å². The molecule has 0 aromatic rings. The van der Waals surface area contributed by atoms with Crippen LogP contribution >= 0.6 is 0 Å². The summed E-state index contributed by atoms with van der Waals surface area (Å²) >= 11 is 0. The molecule has 0 N–H and O–H groups in total. The minimum atomic E-state index is 0.731. The average Bonchev–Trinajstić information content (AvgIpc) is 2.49. The zero-order valence-corrected chi connectivity index (χ0v) is 13.1. The number of allylic oxidation sites excluding steroid dienone is 1. The van der Waals surface area contributed by atoms with Crippen LogP contribution in [0.4, 0.5) is 0 Å². The lowest BCUT2D eigenvalue weighted by atomic mass is 9.58. The fourth-order valence-electron chi connectivity index (χ4n) is 4.76. The van der Waals surface area contributed by atoms with Gasteiger partial charge in [0.15, 0.2) is 0 Å². The second kappa shape index (κ2) is 7.50. The second-order valence-electron chi connectivity index (χ2n) is 7.23. The summed E-state index contributed by atoms with van der Waals surface area (Å²) in [6, 6.07) is 0. The molecule has 0 heteroatoms. The molecule has 19 heavy (non-hydrogen) atoms. The minimum Gasteiger partial charge on any atom is -0.103 e. The SMILES string of the molecule is C=CC1CCC(CCCCC)(C2CCCCC2)CC1. The Bertz CT molecular complexity index is 251. The Morgan fingerprint density at radius 1 is 1.00 bits per heavy atom. The Labute approximate surface area is 121 Å².